The number of nitrogens with zero attached hydrogens (tertiary/aromatic N) is 4. The van der Waals surface area contributed by atoms with Crippen molar-refractivity contribution in [1.29, 1.82) is 0 Å². The van der Waals surface area contributed by atoms with Gasteiger partial charge in [0.25, 0.3) is 5.69 Å². The van der Waals surface area contributed by atoms with Gasteiger partial charge < -0.3 is 30.3 Å². The number of carbonyl (C=O) groups is 3. The zero-order chi connectivity index (χ0) is 29.6. The molecule has 3 rings (SSSR count). The SMILES string of the molecule is CC(CNC(=O)OC(C)(C)C)CNc1c(-c2ccnc(O[C@H]3C[C@@H](C(=O)O)N(C(=O)O)C3)n2)cccc1[N+](=O)[O-]. The molecule has 15 heteroatoms. The number of carbonyl (C=O) groups excluding carboxylic acids is 1. The smallest absolute Gasteiger partial charge is 0.408 e. The lowest BCUT2D eigenvalue weighted by Gasteiger charge is -2.21. The predicted molar refractivity (Wildman–Crippen MR) is 141 cm³/mol. The van der Waals surface area contributed by atoms with Crippen molar-refractivity contribution in [3.63, 3.8) is 0 Å². The summed E-state index contributed by atoms with van der Waals surface area (Å²) in [6.07, 6.45) is -1.45. The first-order valence-electron chi connectivity index (χ1n) is 12.5. The molecule has 0 aliphatic carbocycles. The molecule has 1 saturated heterocycles. The van der Waals surface area contributed by atoms with Gasteiger partial charge in [-0.3, -0.25) is 15.0 Å². The molecule has 216 valence electrons. The number of ether oxygens (including phenoxy) is 2. The number of alkyl carbamates (subject to hydrolysis) is 1. The normalized spacial score (nSPS) is 17.6. The molecule has 15 nitrogen and oxygen atoms in total. The molecule has 0 bridgehead atoms. The van der Waals surface area contributed by atoms with E-state index < -0.39 is 40.8 Å². The van der Waals surface area contributed by atoms with E-state index in [0.717, 1.165) is 4.90 Å². The summed E-state index contributed by atoms with van der Waals surface area (Å²) in [5, 5.41) is 36.2. The van der Waals surface area contributed by atoms with Crippen molar-refractivity contribution in [1.82, 2.24) is 20.2 Å². The minimum absolute atomic E-state index is 0.0892. The number of nitro groups is 1. The van der Waals surface area contributed by atoms with Crippen LogP contribution in [0.3, 0.4) is 0 Å². The lowest BCUT2D eigenvalue weighted by atomic mass is 10.1. The Morgan fingerprint density at radius 3 is 2.55 bits per heavy atom. The zero-order valence-corrected chi connectivity index (χ0v) is 22.5. The van der Waals surface area contributed by atoms with E-state index in [2.05, 4.69) is 20.6 Å². The van der Waals surface area contributed by atoms with E-state index in [1.54, 1.807) is 26.8 Å². The lowest BCUT2D eigenvalue weighted by molar-refractivity contribution is -0.383. The zero-order valence-electron chi connectivity index (χ0n) is 22.5. The number of hydrogen-bond donors (Lipinski definition) is 4. The molecule has 1 aliphatic rings. The lowest BCUT2D eigenvalue weighted by Crippen LogP contribution is -2.39. The number of likely N-dealkylation sites (tertiary alicyclic amines) is 1. The fourth-order valence-electron chi connectivity index (χ4n) is 4.04. The highest BCUT2D eigenvalue weighted by atomic mass is 16.6. The third-order valence-electron chi connectivity index (χ3n) is 5.84. The van der Waals surface area contributed by atoms with E-state index in [9.17, 15) is 34.7 Å². The molecule has 4 N–H and O–H groups in total. The van der Waals surface area contributed by atoms with Crippen molar-refractivity contribution >= 4 is 29.5 Å². The molecule has 2 amide bonds. The number of carboxylic acid groups (broad SMARTS) is 2. The van der Waals surface area contributed by atoms with Gasteiger partial charge in [-0.15, -0.1) is 0 Å². The molecule has 1 aromatic heterocycles. The quantitative estimate of drug-likeness (QED) is 0.244. The van der Waals surface area contributed by atoms with Crippen molar-refractivity contribution in [2.75, 3.05) is 25.0 Å². The summed E-state index contributed by atoms with van der Waals surface area (Å²) in [7, 11) is 0. The van der Waals surface area contributed by atoms with Crippen LogP contribution < -0.4 is 15.4 Å². The largest absolute Gasteiger partial charge is 0.480 e. The van der Waals surface area contributed by atoms with Gasteiger partial charge in [-0.05, 0) is 32.8 Å². The Bertz CT molecular complexity index is 1240. The van der Waals surface area contributed by atoms with Crippen molar-refractivity contribution in [3.8, 4) is 17.3 Å². The standard InChI is InChI=1S/C25H32N6O9/c1-14(12-28-23(34)40-25(2,3)4)11-27-20-16(6-5-7-18(20)31(37)38)17-8-9-26-22(29-17)39-15-10-19(21(32)33)30(13-15)24(35)36/h5-9,14-15,19,27H,10-13H2,1-4H3,(H,28,34)(H,32,33)(H,35,36)/t14?,15-,19-/m0/s1. The second-order valence-electron chi connectivity index (χ2n) is 10.3. The molecule has 0 spiro atoms. The Labute approximate surface area is 229 Å². The number of amides is 2. The molecule has 40 heavy (non-hydrogen) atoms. The Balaban J connectivity index is 1.76. The maximum atomic E-state index is 11.9. The number of rotatable bonds is 10. The van der Waals surface area contributed by atoms with Gasteiger partial charge in [-0.1, -0.05) is 19.1 Å². The van der Waals surface area contributed by atoms with E-state index in [0.29, 0.717) is 11.3 Å². The first kappa shape index (κ1) is 29.9. The van der Waals surface area contributed by atoms with Crippen molar-refractivity contribution < 1.29 is 39.0 Å². The van der Waals surface area contributed by atoms with Crippen LogP contribution in [0.4, 0.5) is 21.0 Å². The third kappa shape index (κ3) is 7.91. The van der Waals surface area contributed by atoms with Gasteiger partial charge in [0.1, 0.15) is 23.4 Å². The molecule has 2 heterocycles. The topological polar surface area (TPSA) is 206 Å². The van der Waals surface area contributed by atoms with Crippen LogP contribution >= 0.6 is 0 Å². The van der Waals surface area contributed by atoms with Crippen LogP contribution in [0.25, 0.3) is 11.3 Å². The Morgan fingerprint density at radius 2 is 1.95 bits per heavy atom. The van der Waals surface area contributed by atoms with Crippen molar-refractivity contribution in [2.24, 2.45) is 5.92 Å². The minimum Gasteiger partial charge on any atom is -0.480 e. The molecule has 1 unspecified atom stereocenters. The molecule has 1 fully saturated rings. The number of hydrogen-bond acceptors (Lipinski definition) is 10. The molecular weight excluding hydrogens is 528 g/mol. The third-order valence-corrected chi connectivity index (χ3v) is 5.84. The van der Waals surface area contributed by atoms with Crippen LogP contribution in [-0.4, -0.2) is 85.5 Å². The van der Waals surface area contributed by atoms with Gasteiger partial charge in [0.05, 0.1) is 17.2 Å². The monoisotopic (exact) mass is 560 g/mol. The van der Waals surface area contributed by atoms with Gasteiger partial charge in [-0.2, -0.15) is 4.98 Å². The minimum atomic E-state index is -1.38. The van der Waals surface area contributed by atoms with Crippen LogP contribution in [0.15, 0.2) is 30.5 Å². The maximum absolute atomic E-state index is 11.9. The Hall–Kier alpha value is -4.69. The molecule has 2 aromatic rings. The second-order valence-corrected chi connectivity index (χ2v) is 10.3. The van der Waals surface area contributed by atoms with Crippen LogP contribution in [0.2, 0.25) is 0 Å². The van der Waals surface area contributed by atoms with Crippen LogP contribution in [0.5, 0.6) is 6.01 Å². The van der Waals surface area contributed by atoms with E-state index >= 15 is 0 Å². The van der Waals surface area contributed by atoms with Crippen LogP contribution in [-0.2, 0) is 9.53 Å². The number of aliphatic carboxylic acids is 1. The summed E-state index contributed by atoms with van der Waals surface area (Å²) in [5.74, 6) is -1.42. The first-order valence-corrected chi connectivity index (χ1v) is 12.5. The Morgan fingerprint density at radius 1 is 1.23 bits per heavy atom. The second kappa shape index (κ2) is 12.4. The summed E-state index contributed by atoms with van der Waals surface area (Å²) in [5.41, 5.74) is 0.0407. The highest BCUT2D eigenvalue weighted by Crippen LogP contribution is 2.35. The maximum Gasteiger partial charge on any atom is 0.408 e. The number of carboxylic acids is 1. The van der Waals surface area contributed by atoms with E-state index in [1.165, 1.54) is 24.4 Å². The summed E-state index contributed by atoms with van der Waals surface area (Å²) < 4.78 is 10.9. The summed E-state index contributed by atoms with van der Waals surface area (Å²) in [6, 6.07) is 4.62. The van der Waals surface area contributed by atoms with Crippen molar-refractivity contribution in [3.05, 3.63) is 40.6 Å². The van der Waals surface area contributed by atoms with E-state index in [1.807, 2.05) is 6.92 Å². The molecule has 3 atom stereocenters. The number of nitrogens with one attached hydrogen (secondary N) is 2. The molecule has 1 aromatic carbocycles. The molecule has 0 radical (unpaired) electrons. The Kier molecular flexibility index (Phi) is 9.29. The van der Waals surface area contributed by atoms with Gasteiger partial charge in [-0.25, -0.2) is 19.4 Å². The van der Waals surface area contributed by atoms with Gasteiger partial charge in [0.2, 0.25) is 0 Å². The van der Waals surface area contributed by atoms with E-state index in [-0.39, 0.29) is 49.4 Å². The number of aromatic nitrogens is 2. The predicted octanol–water partition coefficient (Wildman–Crippen LogP) is 3.21. The summed E-state index contributed by atoms with van der Waals surface area (Å²) >= 11 is 0. The van der Waals surface area contributed by atoms with E-state index in [4.69, 9.17) is 9.47 Å². The number of anilines is 1. The summed E-state index contributed by atoms with van der Waals surface area (Å²) in [6.45, 7) is 7.45. The highest BCUT2D eigenvalue weighted by Gasteiger charge is 2.41. The fourth-order valence-corrected chi connectivity index (χ4v) is 4.04. The van der Waals surface area contributed by atoms with Gasteiger partial charge in [0, 0.05) is 37.3 Å². The molecule has 1 aliphatic heterocycles. The number of para-hydroxylation sites is 1. The average molecular weight is 561 g/mol. The van der Waals surface area contributed by atoms with Gasteiger partial charge >= 0.3 is 24.2 Å². The van der Waals surface area contributed by atoms with Crippen LogP contribution in [0, 0.1) is 16.0 Å². The molecule has 0 saturated carbocycles. The fraction of sp³-hybridized carbons (Fsp3) is 0.480. The highest BCUT2D eigenvalue weighted by molar-refractivity contribution is 5.83. The average Bonchev–Trinajstić information content (AvgIpc) is 3.29. The van der Waals surface area contributed by atoms with Crippen LogP contribution in [0.1, 0.15) is 34.1 Å². The van der Waals surface area contributed by atoms with Gasteiger partial charge in [0.15, 0.2) is 0 Å². The summed E-state index contributed by atoms with van der Waals surface area (Å²) in [4.78, 5) is 55.2. The molecular formula is C25H32N6O9. The number of benzene rings is 1. The number of nitro benzene ring substituents is 1. The first-order chi connectivity index (χ1) is 18.7. The van der Waals surface area contributed by atoms with Crippen molar-refractivity contribution in [2.45, 2.75) is 51.9 Å².